The molecule has 24 heavy (non-hydrogen) atoms. The van der Waals surface area contributed by atoms with E-state index in [2.05, 4.69) is 10.6 Å². The zero-order valence-corrected chi connectivity index (χ0v) is 14.3. The summed E-state index contributed by atoms with van der Waals surface area (Å²) in [5, 5.41) is 6.05. The first-order valence-corrected chi connectivity index (χ1v) is 9.71. The molecule has 1 aromatic rings. The topological polar surface area (TPSA) is 87.7 Å². The average Bonchev–Trinajstić information content (AvgIpc) is 2.63. The molecule has 0 aromatic heterocycles. The molecule has 1 atom stereocenters. The van der Waals surface area contributed by atoms with Crippen molar-refractivity contribution in [3.63, 3.8) is 0 Å². The summed E-state index contributed by atoms with van der Waals surface area (Å²) in [7, 11) is -3.56. The van der Waals surface area contributed by atoms with Crippen LogP contribution in [0.25, 0.3) is 0 Å². The zero-order chi connectivity index (χ0) is 17.0. The SMILES string of the molecule is O=C(Nc1cccc(S(=O)(=O)N2CCOCC2)c1)C1CCCNC1. The first-order valence-electron chi connectivity index (χ1n) is 8.27. The highest BCUT2D eigenvalue weighted by atomic mass is 32.2. The van der Waals surface area contributed by atoms with Crippen molar-refractivity contribution in [2.75, 3.05) is 44.7 Å². The van der Waals surface area contributed by atoms with E-state index in [-0.39, 0.29) is 16.7 Å². The Kier molecular flexibility index (Phi) is 5.50. The number of benzene rings is 1. The van der Waals surface area contributed by atoms with Crippen molar-refractivity contribution in [1.82, 2.24) is 9.62 Å². The maximum absolute atomic E-state index is 12.7. The second-order valence-electron chi connectivity index (χ2n) is 6.08. The summed E-state index contributed by atoms with van der Waals surface area (Å²) >= 11 is 0. The van der Waals surface area contributed by atoms with E-state index in [4.69, 9.17) is 4.74 Å². The van der Waals surface area contributed by atoms with Crippen LogP contribution in [-0.2, 0) is 19.6 Å². The molecule has 3 rings (SSSR count). The van der Waals surface area contributed by atoms with Crippen LogP contribution in [0.2, 0.25) is 0 Å². The zero-order valence-electron chi connectivity index (χ0n) is 13.5. The molecule has 2 fully saturated rings. The summed E-state index contributed by atoms with van der Waals surface area (Å²) < 4.78 is 32.0. The second-order valence-corrected chi connectivity index (χ2v) is 8.01. The number of sulfonamides is 1. The summed E-state index contributed by atoms with van der Waals surface area (Å²) in [6, 6.07) is 6.45. The molecule has 0 aliphatic carbocycles. The van der Waals surface area contributed by atoms with Crippen LogP contribution in [0.4, 0.5) is 5.69 Å². The van der Waals surface area contributed by atoms with Gasteiger partial charge < -0.3 is 15.4 Å². The highest BCUT2D eigenvalue weighted by Gasteiger charge is 2.27. The molecule has 132 valence electrons. The Hall–Kier alpha value is -1.48. The fourth-order valence-electron chi connectivity index (χ4n) is 2.99. The van der Waals surface area contributed by atoms with Gasteiger partial charge in [-0.05, 0) is 37.6 Å². The van der Waals surface area contributed by atoms with Crippen LogP contribution in [-0.4, -0.2) is 58.0 Å². The smallest absolute Gasteiger partial charge is 0.243 e. The maximum atomic E-state index is 12.7. The molecule has 2 saturated heterocycles. The van der Waals surface area contributed by atoms with Gasteiger partial charge in [-0.3, -0.25) is 4.79 Å². The molecule has 7 nitrogen and oxygen atoms in total. The second kappa shape index (κ2) is 7.60. The first kappa shape index (κ1) is 17.3. The Morgan fingerprint density at radius 1 is 1.29 bits per heavy atom. The van der Waals surface area contributed by atoms with Crippen molar-refractivity contribution in [2.45, 2.75) is 17.7 Å². The minimum Gasteiger partial charge on any atom is -0.379 e. The van der Waals surface area contributed by atoms with Crippen molar-refractivity contribution < 1.29 is 17.9 Å². The number of anilines is 1. The number of nitrogens with zero attached hydrogens (tertiary/aromatic N) is 1. The van der Waals surface area contributed by atoms with Crippen molar-refractivity contribution in [2.24, 2.45) is 5.92 Å². The molecule has 1 amide bonds. The van der Waals surface area contributed by atoms with E-state index in [9.17, 15) is 13.2 Å². The van der Waals surface area contributed by atoms with Gasteiger partial charge in [-0.2, -0.15) is 4.31 Å². The van der Waals surface area contributed by atoms with E-state index in [0.29, 0.717) is 38.5 Å². The number of amides is 1. The van der Waals surface area contributed by atoms with Gasteiger partial charge in [-0.15, -0.1) is 0 Å². The van der Waals surface area contributed by atoms with Gasteiger partial charge in [0, 0.05) is 25.3 Å². The minimum absolute atomic E-state index is 0.0666. The number of carbonyl (C=O) groups is 1. The van der Waals surface area contributed by atoms with Gasteiger partial charge in [0.25, 0.3) is 0 Å². The van der Waals surface area contributed by atoms with Gasteiger partial charge in [0.05, 0.1) is 24.0 Å². The molecule has 0 spiro atoms. The Morgan fingerprint density at radius 3 is 2.79 bits per heavy atom. The molecule has 2 heterocycles. The number of hydrogen-bond donors (Lipinski definition) is 2. The lowest BCUT2D eigenvalue weighted by Crippen LogP contribution is -2.40. The van der Waals surface area contributed by atoms with E-state index < -0.39 is 10.0 Å². The number of morpholine rings is 1. The molecule has 1 unspecified atom stereocenters. The number of piperidine rings is 1. The van der Waals surface area contributed by atoms with Crippen molar-refractivity contribution in [3.8, 4) is 0 Å². The lowest BCUT2D eigenvalue weighted by molar-refractivity contribution is -0.120. The first-order chi connectivity index (χ1) is 11.6. The van der Waals surface area contributed by atoms with Crippen LogP contribution in [0.15, 0.2) is 29.2 Å². The predicted octanol–water partition coefficient (Wildman–Crippen LogP) is 0.646. The molecular formula is C16H23N3O4S. The van der Waals surface area contributed by atoms with Crippen LogP contribution in [0.3, 0.4) is 0 Å². The molecule has 0 saturated carbocycles. The molecule has 0 radical (unpaired) electrons. The van der Waals surface area contributed by atoms with Gasteiger partial charge in [-0.25, -0.2) is 8.42 Å². The predicted molar refractivity (Wildman–Crippen MR) is 90.2 cm³/mol. The average molecular weight is 353 g/mol. The van der Waals surface area contributed by atoms with Gasteiger partial charge >= 0.3 is 0 Å². The number of nitrogens with one attached hydrogen (secondary N) is 2. The van der Waals surface area contributed by atoms with Crippen molar-refractivity contribution in [1.29, 1.82) is 0 Å². The number of rotatable bonds is 4. The van der Waals surface area contributed by atoms with Gasteiger partial charge in [-0.1, -0.05) is 6.07 Å². The Labute approximate surface area is 142 Å². The standard InChI is InChI=1S/C16H23N3O4S/c20-16(13-3-2-6-17-12-13)18-14-4-1-5-15(11-14)24(21,22)19-7-9-23-10-8-19/h1,4-5,11,13,17H,2-3,6-10,12H2,(H,18,20). The van der Waals surface area contributed by atoms with Crippen LogP contribution < -0.4 is 10.6 Å². The Bertz CT molecular complexity index is 680. The van der Waals surface area contributed by atoms with Gasteiger partial charge in [0.1, 0.15) is 0 Å². The summed E-state index contributed by atoms with van der Waals surface area (Å²) in [5.41, 5.74) is 0.514. The normalized spacial score (nSPS) is 22.9. The largest absolute Gasteiger partial charge is 0.379 e. The third kappa shape index (κ3) is 3.94. The van der Waals surface area contributed by atoms with Gasteiger partial charge in [0.15, 0.2) is 0 Å². The summed E-state index contributed by atoms with van der Waals surface area (Å²) in [5.74, 6) is -0.138. The van der Waals surface area contributed by atoms with Crippen LogP contribution in [0, 0.1) is 5.92 Å². The molecule has 2 aliphatic heterocycles. The van der Waals surface area contributed by atoms with Crippen LogP contribution in [0.1, 0.15) is 12.8 Å². The molecule has 8 heteroatoms. The third-order valence-corrected chi connectivity index (χ3v) is 6.27. The fraction of sp³-hybridized carbons (Fsp3) is 0.562. The highest BCUT2D eigenvalue weighted by Crippen LogP contribution is 2.21. The summed E-state index contributed by atoms with van der Waals surface area (Å²) in [4.78, 5) is 12.5. The monoisotopic (exact) mass is 353 g/mol. The van der Waals surface area contributed by atoms with E-state index in [1.807, 2.05) is 0 Å². The minimum atomic E-state index is -3.56. The van der Waals surface area contributed by atoms with E-state index in [1.54, 1.807) is 18.2 Å². The highest BCUT2D eigenvalue weighted by molar-refractivity contribution is 7.89. The number of carbonyl (C=O) groups excluding carboxylic acids is 1. The lowest BCUT2D eigenvalue weighted by atomic mass is 9.99. The molecular weight excluding hydrogens is 330 g/mol. The van der Waals surface area contributed by atoms with Crippen LogP contribution in [0.5, 0.6) is 0 Å². The van der Waals surface area contributed by atoms with Crippen molar-refractivity contribution >= 4 is 21.6 Å². The van der Waals surface area contributed by atoms with E-state index in [1.165, 1.54) is 10.4 Å². The lowest BCUT2D eigenvalue weighted by Gasteiger charge is -2.26. The van der Waals surface area contributed by atoms with Gasteiger partial charge in [0.2, 0.25) is 15.9 Å². The van der Waals surface area contributed by atoms with E-state index >= 15 is 0 Å². The molecule has 2 aliphatic rings. The summed E-state index contributed by atoms with van der Waals surface area (Å²) in [6.07, 6.45) is 1.83. The molecule has 0 bridgehead atoms. The third-order valence-electron chi connectivity index (χ3n) is 4.38. The number of ether oxygens (including phenoxy) is 1. The fourth-order valence-corrected chi connectivity index (χ4v) is 4.44. The maximum Gasteiger partial charge on any atom is 0.243 e. The van der Waals surface area contributed by atoms with Crippen LogP contribution >= 0.6 is 0 Å². The molecule has 1 aromatic carbocycles. The number of hydrogen-bond acceptors (Lipinski definition) is 5. The Balaban J connectivity index is 1.72. The quantitative estimate of drug-likeness (QED) is 0.830. The molecule has 2 N–H and O–H groups in total. The summed E-state index contributed by atoms with van der Waals surface area (Å²) in [6.45, 7) is 3.13. The van der Waals surface area contributed by atoms with Crippen molar-refractivity contribution in [3.05, 3.63) is 24.3 Å². The Morgan fingerprint density at radius 2 is 2.08 bits per heavy atom. The van der Waals surface area contributed by atoms with E-state index in [0.717, 1.165) is 19.4 Å².